The number of nitrogens with one attached hydrogen (secondary N) is 1. The summed E-state index contributed by atoms with van der Waals surface area (Å²) in [6, 6.07) is 14.0. The molecule has 3 atom stereocenters. The highest BCUT2D eigenvalue weighted by atomic mass is 16.5. The third-order valence-corrected chi connectivity index (χ3v) is 6.88. The second-order valence-electron chi connectivity index (χ2n) is 9.44. The molecule has 1 aromatic heterocycles. The molecule has 3 aliphatic rings. The number of amides is 2. The summed E-state index contributed by atoms with van der Waals surface area (Å²) < 4.78 is 10.7. The van der Waals surface area contributed by atoms with Crippen LogP contribution in [0.15, 0.2) is 84.1 Å². The second kappa shape index (κ2) is 10.8. The highest BCUT2D eigenvalue weighted by Crippen LogP contribution is 2.40. The minimum atomic E-state index is -0.420. The maximum absolute atomic E-state index is 12.7. The molecule has 186 valence electrons. The summed E-state index contributed by atoms with van der Waals surface area (Å²) in [5.41, 5.74) is 4.14. The average Bonchev–Trinajstić information content (AvgIpc) is 3.69. The van der Waals surface area contributed by atoms with Gasteiger partial charge in [-0.25, -0.2) is 14.6 Å². The molecule has 7 nitrogen and oxygen atoms in total. The second-order valence-corrected chi connectivity index (χ2v) is 9.44. The fraction of sp³-hybridized carbons (Fsp3) is 0.345. The number of carbonyl (C=O) groups is 2. The van der Waals surface area contributed by atoms with Crippen molar-refractivity contribution in [1.29, 1.82) is 0 Å². The molecule has 1 aliphatic heterocycles. The number of rotatable bonds is 6. The predicted molar refractivity (Wildman–Crippen MR) is 137 cm³/mol. The minimum Gasteiger partial charge on any atom is -0.470 e. The Balaban J connectivity index is 1.10. The van der Waals surface area contributed by atoms with E-state index in [0.717, 1.165) is 44.3 Å². The summed E-state index contributed by atoms with van der Waals surface area (Å²) >= 11 is 0. The van der Waals surface area contributed by atoms with E-state index in [1.54, 1.807) is 12.1 Å². The van der Waals surface area contributed by atoms with E-state index in [1.165, 1.54) is 24.4 Å². The van der Waals surface area contributed by atoms with Crippen molar-refractivity contribution in [2.24, 2.45) is 0 Å². The van der Waals surface area contributed by atoms with Gasteiger partial charge in [0, 0.05) is 43.7 Å². The van der Waals surface area contributed by atoms with Crippen LogP contribution in [0.25, 0.3) is 0 Å². The van der Waals surface area contributed by atoms with Crippen LogP contribution in [0.4, 0.5) is 4.79 Å². The van der Waals surface area contributed by atoms with Crippen molar-refractivity contribution < 1.29 is 19.1 Å². The number of likely N-dealkylation sites (tertiary alicyclic amines) is 1. The predicted octanol–water partition coefficient (Wildman–Crippen LogP) is 4.79. The SMILES string of the molecule is COC(=O)c1ccc(OC2C=C(C=C3CCN(C(=O)NC4C[C@H]4c4ccccc4)CC3)C=CC2)nc1. The lowest BCUT2D eigenvalue weighted by Crippen LogP contribution is -2.44. The van der Waals surface area contributed by atoms with Crippen LogP contribution in [-0.2, 0) is 4.74 Å². The number of urea groups is 1. The number of esters is 1. The summed E-state index contributed by atoms with van der Waals surface area (Å²) in [4.78, 5) is 30.5. The average molecular weight is 486 g/mol. The monoisotopic (exact) mass is 485 g/mol. The quantitative estimate of drug-likeness (QED) is 0.595. The van der Waals surface area contributed by atoms with E-state index in [0.29, 0.717) is 17.4 Å². The molecule has 2 aromatic rings. The molecular weight excluding hydrogens is 454 g/mol. The van der Waals surface area contributed by atoms with Crippen molar-refractivity contribution in [2.75, 3.05) is 20.2 Å². The maximum Gasteiger partial charge on any atom is 0.339 e. The van der Waals surface area contributed by atoms with Crippen molar-refractivity contribution in [1.82, 2.24) is 15.2 Å². The first-order valence-corrected chi connectivity index (χ1v) is 12.5. The molecular formula is C29H31N3O4. The topological polar surface area (TPSA) is 80.8 Å². The number of ether oxygens (including phenoxy) is 2. The molecule has 2 unspecified atom stereocenters. The first-order valence-electron chi connectivity index (χ1n) is 12.5. The lowest BCUT2D eigenvalue weighted by atomic mass is 9.97. The number of methoxy groups -OCH3 is 1. The number of piperidine rings is 1. The number of aromatic nitrogens is 1. The molecule has 0 spiro atoms. The standard InChI is InChI=1S/C29H31N3O4/c1-35-28(33)23-10-11-27(30-19-23)36-24-9-5-6-21(17-24)16-20-12-14-32(15-13-20)29(34)31-26-18-25(26)22-7-3-2-4-8-22/h2-8,10-11,16-17,19,24-26H,9,12-15,18H2,1H3,(H,31,34)/t24?,25-,26?/m0/s1. The van der Waals surface area contributed by atoms with Gasteiger partial charge >= 0.3 is 12.0 Å². The van der Waals surface area contributed by atoms with E-state index in [1.807, 2.05) is 11.0 Å². The summed E-state index contributed by atoms with van der Waals surface area (Å²) in [5.74, 6) is 0.489. The smallest absolute Gasteiger partial charge is 0.339 e. The Morgan fingerprint density at radius 3 is 2.64 bits per heavy atom. The third-order valence-electron chi connectivity index (χ3n) is 6.88. The molecule has 36 heavy (non-hydrogen) atoms. The Morgan fingerprint density at radius 2 is 1.92 bits per heavy atom. The molecule has 2 aliphatic carbocycles. The normalized spacial score (nSPS) is 22.9. The molecule has 1 aromatic carbocycles. The van der Waals surface area contributed by atoms with Gasteiger partial charge in [-0.05, 0) is 42.5 Å². The number of allylic oxidation sites excluding steroid dienone is 3. The van der Waals surface area contributed by atoms with Gasteiger partial charge < -0.3 is 19.7 Å². The zero-order valence-corrected chi connectivity index (χ0v) is 20.4. The van der Waals surface area contributed by atoms with Gasteiger partial charge in [-0.2, -0.15) is 0 Å². The maximum atomic E-state index is 12.7. The van der Waals surface area contributed by atoms with Gasteiger partial charge in [-0.1, -0.05) is 54.1 Å². The molecule has 7 heteroatoms. The number of benzene rings is 1. The lowest BCUT2D eigenvalue weighted by Gasteiger charge is -2.29. The Bertz CT molecular complexity index is 1180. The first kappa shape index (κ1) is 23.9. The van der Waals surface area contributed by atoms with Crippen LogP contribution >= 0.6 is 0 Å². The molecule has 5 rings (SSSR count). The number of nitrogens with zero attached hydrogens (tertiary/aromatic N) is 2. The Kier molecular flexibility index (Phi) is 7.16. The van der Waals surface area contributed by atoms with E-state index in [-0.39, 0.29) is 18.2 Å². The molecule has 1 saturated heterocycles. The zero-order chi connectivity index (χ0) is 24.9. The summed E-state index contributed by atoms with van der Waals surface area (Å²) in [7, 11) is 1.34. The number of carbonyl (C=O) groups excluding carboxylic acids is 2. The summed E-state index contributed by atoms with van der Waals surface area (Å²) in [5, 5.41) is 3.21. The van der Waals surface area contributed by atoms with E-state index in [2.05, 4.69) is 58.9 Å². The molecule has 2 amide bonds. The Morgan fingerprint density at radius 1 is 1.11 bits per heavy atom. The van der Waals surface area contributed by atoms with E-state index in [9.17, 15) is 9.59 Å². The van der Waals surface area contributed by atoms with Crippen LogP contribution in [0.2, 0.25) is 0 Å². The van der Waals surface area contributed by atoms with Crippen LogP contribution in [-0.4, -0.2) is 54.2 Å². The Labute approximate surface area is 211 Å². The van der Waals surface area contributed by atoms with Gasteiger partial charge in [0.2, 0.25) is 5.88 Å². The van der Waals surface area contributed by atoms with Crippen molar-refractivity contribution >= 4 is 12.0 Å². The molecule has 1 N–H and O–H groups in total. The fourth-order valence-electron chi connectivity index (χ4n) is 4.75. The van der Waals surface area contributed by atoms with E-state index in [4.69, 9.17) is 9.47 Å². The van der Waals surface area contributed by atoms with Gasteiger partial charge in [0.25, 0.3) is 0 Å². The molecule has 1 saturated carbocycles. The fourth-order valence-corrected chi connectivity index (χ4v) is 4.75. The van der Waals surface area contributed by atoms with E-state index < -0.39 is 5.97 Å². The van der Waals surface area contributed by atoms with Gasteiger partial charge in [0.15, 0.2) is 0 Å². The minimum absolute atomic E-state index is 0.0495. The van der Waals surface area contributed by atoms with Crippen molar-refractivity contribution in [2.45, 2.75) is 43.7 Å². The van der Waals surface area contributed by atoms with Crippen LogP contribution in [0.3, 0.4) is 0 Å². The van der Waals surface area contributed by atoms with Crippen LogP contribution in [0.1, 0.15) is 47.5 Å². The first-order chi connectivity index (χ1) is 17.6. The third kappa shape index (κ3) is 5.85. The molecule has 2 heterocycles. The van der Waals surface area contributed by atoms with Crippen molar-refractivity contribution in [3.05, 3.63) is 95.2 Å². The van der Waals surface area contributed by atoms with Gasteiger partial charge in [0.05, 0.1) is 12.7 Å². The molecule has 0 bridgehead atoms. The van der Waals surface area contributed by atoms with Gasteiger partial charge in [-0.15, -0.1) is 0 Å². The Hall–Kier alpha value is -3.87. The highest BCUT2D eigenvalue weighted by molar-refractivity contribution is 5.88. The van der Waals surface area contributed by atoms with Crippen LogP contribution in [0, 0.1) is 0 Å². The van der Waals surface area contributed by atoms with Gasteiger partial charge in [0.1, 0.15) is 6.10 Å². The number of pyridine rings is 1. The summed E-state index contributed by atoms with van der Waals surface area (Å²) in [6.45, 7) is 1.46. The molecule has 0 radical (unpaired) electrons. The largest absolute Gasteiger partial charge is 0.470 e. The van der Waals surface area contributed by atoms with Crippen molar-refractivity contribution in [3.63, 3.8) is 0 Å². The van der Waals surface area contributed by atoms with Crippen LogP contribution in [0.5, 0.6) is 5.88 Å². The van der Waals surface area contributed by atoms with Crippen LogP contribution < -0.4 is 10.1 Å². The van der Waals surface area contributed by atoms with Crippen molar-refractivity contribution in [3.8, 4) is 5.88 Å². The summed E-state index contributed by atoms with van der Waals surface area (Å²) in [6.07, 6.45) is 13.4. The number of hydrogen-bond acceptors (Lipinski definition) is 5. The highest BCUT2D eigenvalue weighted by Gasteiger charge is 2.40. The van der Waals surface area contributed by atoms with E-state index >= 15 is 0 Å². The molecule has 2 fully saturated rings. The number of hydrogen-bond donors (Lipinski definition) is 1. The lowest BCUT2D eigenvalue weighted by molar-refractivity contribution is 0.0600. The van der Waals surface area contributed by atoms with Gasteiger partial charge in [-0.3, -0.25) is 0 Å². The zero-order valence-electron chi connectivity index (χ0n) is 20.4.